The molecule has 24 heavy (non-hydrogen) atoms. The third-order valence-corrected chi connectivity index (χ3v) is 4.21. The Hall–Kier alpha value is -2.21. The summed E-state index contributed by atoms with van der Waals surface area (Å²) < 4.78 is 4.94. The van der Waals surface area contributed by atoms with Crippen LogP contribution in [0.15, 0.2) is 30.3 Å². The zero-order valence-corrected chi connectivity index (χ0v) is 14.8. The number of para-hydroxylation sites is 1. The van der Waals surface area contributed by atoms with E-state index in [2.05, 4.69) is 18.8 Å². The van der Waals surface area contributed by atoms with Gasteiger partial charge in [-0.1, -0.05) is 69.2 Å². The minimum atomic E-state index is -0.370. The predicted molar refractivity (Wildman–Crippen MR) is 99.9 cm³/mol. The van der Waals surface area contributed by atoms with Crippen LogP contribution in [0, 0.1) is 11.8 Å². The van der Waals surface area contributed by atoms with Gasteiger partial charge in [-0.25, -0.2) is 4.79 Å². The van der Waals surface area contributed by atoms with Crippen LogP contribution in [-0.2, 0) is 4.74 Å². The van der Waals surface area contributed by atoms with Crippen molar-refractivity contribution < 1.29 is 9.53 Å². The molecule has 0 aliphatic carbocycles. The zero-order chi connectivity index (χ0) is 17.2. The molecule has 1 amide bonds. The normalized spacial score (nSPS) is 15.4. The van der Waals surface area contributed by atoms with Crippen molar-refractivity contribution in [2.75, 3.05) is 12.0 Å². The summed E-state index contributed by atoms with van der Waals surface area (Å²) in [5.74, 6) is 6.45. The molecule has 0 spiro atoms. The number of anilines is 1. The number of carbonyl (C=O) groups is 1. The van der Waals surface area contributed by atoms with Crippen LogP contribution in [0.25, 0.3) is 6.08 Å². The maximum absolute atomic E-state index is 12.2. The van der Waals surface area contributed by atoms with Gasteiger partial charge >= 0.3 is 6.09 Å². The van der Waals surface area contributed by atoms with Gasteiger partial charge in [0.25, 0.3) is 0 Å². The fraction of sp³-hybridized carbons (Fsp3) is 0.476. The van der Waals surface area contributed by atoms with Gasteiger partial charge in [0.15, 0.2) is 0 Å². The monoisotopic (exact) mass is 325 g/mol. The number of amides is 1. The van der Waals surface area contributed by atoms with Crippen molar-refractivity contribution in [3.63, 3.8) is 0 Å². The summed E-state index contributed by atoms with van der Waals surface area (Å²) in [4.78, 5) is 13.8. The van der Waals surface area contributed by atoms with Crippen molar-refractivity contribution in [2.45, 2.75) is 57.9 Å². The van der Waals surface area contributed by atoms with E-state index in [0.29, 0.717) is 0 Å². The number of methoxy groups -OCH3 is 1. The fourth-order valence-corrected chi connectivity index (χ4v) is 2.87. The largest absolute Gasteiger partial charge is 0.452 e. The molecule has 1 heterocycles. The molecule has 0 N–H and O–H groups in total. The van der Waals surface area contributed by atoms with Crippen molar-refractivity contribution in [3.05, 3.63) is 35.9 Å². The molecule has 128 valence electrons. The number of unbranched alkanes of at least 4 members (excludes halogenated alkanes) is 6. The summed E-state index contributed by atoms with van der Waals surface area (Å²) in [5.41, 5.74) is 1.86. The lowest BCUT2D eigenvalue weighted by Gasteiger charge is -2.29. The van der Waals surface area contributed by atoms with E-state index >= 15 is 0 Å². The summed E-state index contributed by atoms with van der Waals surface area (Å²) in [6, 6.07) is 7.55. The Kier molecular flexibility index (Phi) is 7.42. The van der Waals surface area contributed by atoms with Gasteiger partial charge < -0.3 is 4.74 Å². The van der Waals surface area contributed by atoms with Gasteiger partial charge in [0, 0.05) is 6.42 Å². The standard InChI is InChI=1S/C21H27NO2/c1-3-4-5-6-7-8-9-10-14-19-17-16-18-13-11-12-15-20(18)22(19)21(23)24-2/h11-13,15-17,19H,3-9H2,1-2H3. The van der Waals surface area contributed by atoms with Gasteiger partial charge in [-0.05, 0) is 24.1 Å². The highest BCUT2D eigenvalue weighted by atomic mass is 16.5. The van der Waals surface area contributed by atoms with Crippen LogP contribution in [-0.4, -0.2) is 19.2 Å². The first kappa shape index (κ1) is 18.1. The molecule has 1 unspecified atom stereocenters. The lowest BCUT2D eigenvalue weighted by atomic mass is 10.0. The number of rotatable bonds is 6. The van der Waals surface area contributed by atoms with Crippen molar-refractivity contribution >= 4 is 17.9 Å². The Labute approximate surface area is 145 Å². The summed E-state index contributed by atoms with van der Waals surface area (Å²) in [6.45, 7) is 2.23. The minimum absolute atomic E-state index is 0.257. The van der Waals surface area contributed by atoms with Gasteiger partial charge in [-0.15, -0.1) is 5.92 Å². The van der Waals surface area contributed by atoms with Crippen molar-refractivity contribution in [2.24, 2.45) is 0 Å². The number of ether oxygens (including phenoxy) is 1. The highest BCUT2D eigenvalue weighted by molar-refractivity contribution is 5.94. The maximum atomic E-state index is 12.2. The lowest BCUT2D eigenvalue weighted by Crippen LogP contribution is -2.40. The molecule has 0 saturated carbocycles. The quantitative estimate of drug-likeness (QED) is 0.517. The van der Waals surface area contributed by atoms with Crippen LogP contribution in [0.3, 0.4) is 0 Å². The lowest BCUT2D eigenvalue weighted by molar-refractivity contribution is 0.178. The molecule has 1 aromatic carbocycles. The summed E-state index contributed by atoms with van der Waals surface area (Å²) in [5, 5.41) is 0. The number of hydrogen-bond donors (Lipinski definition) is 0. The van der Waals surface area contributed by atoms with Gasteiger partial charge in [0.05, 0.1) is 12.8 Å². The van der Waals surface area contributed by atoms with Crippen LogP contribution in [0.5, 0.6) is 0 Å². The second kappa shape index (κ2) is 9.82. The third-order valence-electron chi connectivity index (χ3n) is 4.21. The Bertz CT molecular complexity index is 624. The average Bonchev–Trinajstić information content (AvgIpc) is 2.63. The summed E-state index contributed by atoms with van der Waals surface area (Å²) in [7, 11) is 1.41. The second-order valence-corrected chi connectivity index (χ2v) is 6.04. The first-order valence-corrected chi connectivity index (χ1v) is 8.90. The SMILES string of the molecule is CCCCCCCCC#CC1C=Cc2ccccc2N1C(=O)OC. The smallest absolute Gasteiger partial charge is 0.415 e. The molecule has 0 bridgehead atoms. The predicted octanol–water partition coefficient (Wildman–Crippen LogP) is 5.41. The number of fused-ring (bicyclic) bond motifs is 1. The molecule has 3 nitrogen and oxygen atoms in total. The van der Waals surface area contributed by atoms with Crippen LogP contribution in [0.2, 0.25) is 0 Å². The molecule has 0 saturated heterocycles. The molecule has 2 rings (SSSR count). The van der Waals surface area contributed by atoms with Gasteiger partial charge in [0.2, 0.25) is 0 Å². The molecular weight excluding hydrogens is 298 g/mol. The van der Waals surface area contributed by atoms with Crippen LogP contribution in [0.4, 0.5) is 10.5 Å². The number of benzene rings is 1. The summed E-state index contributed by atoms with van der Waals surface area (Å²) in [6.07, 6.45) is 12.1. The van der Waals surface area contributed by atoms with Gasteiger partial charge in [0.1, 0.15) is 6.04 Å². The van der Waals surface area contributed by atoms with Gasteiger partial charge in [-0.3, -0.25) is 4.90 Å². The Morgan fingerprint density at radius 1 is 1.17 bits per heavy atom. The maximum Gasteiger partial charge on any atom is 0.415 e. The summed E-state index contributed by atoms with van der Waals surface area (Å²) >= 11 is 0. The molecule has 1 aliphatic rings. The van der Waals surface area contributed by atoms with Crippen molar-refractivity contribution in [1.29, 1.82) is 0 Å². The molecule has 0 fully saturated rings. The topological polar surface area (TPSA) is 29.5 Å². The fourth-order valence-electron chi connectivity index (χ4n) is 2.87. The van der Waals surface area contributed by atoms with E-state index in [1.165, 1.54) is 39.2 Å². The van der Waals surface area contributed by atoms with Crippen molar-refractivity contribution in [1.82, 2.24) is 0 Å². The van der Waals surface area contributed by atoms with E-state index in [1.807, 2.05) is 36.4 Å². The molecule has 1 aliphatic heterocycles. The number of carbonyl (C=O) groups excluding carboxylic acids is 1. The second-order valence-electron chi connectivity index (χ2n) is 6.04. The Morgan fingerprint density at radius 2 is 1.92 bits per heavy atom. The molecule has 3 heteroatoms. The Balaban J connectivity index is 1.95. The Morgan fingerprint density at radius 3 is 2.71 bits per heavy atom. The first-order chi connectivity index (χ1) is 11.8. The average molecular weight is 325 g/mol. The molecule has 0 radical (unpaired) electrons. The van der Waals surface area contributed by atoms with Crippen LogP contribution in [0.1, 0.15) is 57.4 Å². The van der Waals surface area contributed by atoms with Crippen molar-refractivity contribution in [3.8, 4) is 11.8 Å². The molecule has 1 aromatic rings. The van der Waals surface area contributed by atoms with E-state index in [9.17, 15) is 4.79 Å². The highest BCUT2D eigenvalue weighted by Crippen LogP contribution is 2.29. The van der Waals surface area contributed by atoms with E-state index in [-0.39, 0.29) is 12.1 Å². The van der Waals surface area contributed by atoms with E-state index < -0.39 is 0 Å². The number of hydrogen-bond acceptors (Lipinski definition) is 2. The molecule has 0 aromatic heterocycles. The molecular formula is C21H27NO2. The zero-order valence-electron chi connectivity index (χ0n) is 14.8. The van der Waals surface area contributed by atoms with Gasteiger partial charge in [-0.2, -0.15) is 0 Å². The number of nitrogens with zero attached hydrogens (tertiary/aromatic N) is 1. The van der Waals surface area contributed by atoms with E-state index in [4.69, 9.17) is 4.74 Å². The van der Waals surface area contributed by atoms with Crippen LogP contribution >= 0.6 is 0 Å². The minimum Gasteiger partial charge on any atom is -0.452 e. The van der Waals surface area contributed by atoms with Crippen LogP contribution < -0.4 is 4.90 Å². The van der Waals surface area contributed by atoms with E-state index in [1.54, 1.807) is 4.90 Å². The highest BCUT2D eigenvalue weighted by Gasteiger charge is 2.27. The van der Waals surface area contributed by atoms with E-state index in [0.717, 1.165) is 24.1 Å². The first-order valence-electron chi connectivity index (χ1n) is 8.90. The third kappa shape index (κ3) is 4.89. The molecule has 1 atom stereocenters.